The third-order valence-corrected chi connectivity index (χ3v) is 7.69. The Bertz CT molecular complexity index is 497. The molecule has 4 nitrogen and oxygen atoms in total. The summed E-state index contributed by atoms with van der Waals surface area (Å²) in [5.74, 6) is -1.71. The molecule has 0 aromatic carbocycles. The van der Waals surface area contributed by atoms with Gasteiger partial charge >= 0.3 is 11.9 Å². The molecule has 0 unspecified atom stereocenters. The number of esters is 2. The van der Waals surface area contributed by atoms with Gasteiger partial charge in [0.2, 0.25) is 0 Å². The summed E-state index contributed by atoms with van der Waals surface area (Å²) in [6.45, 7) is 7.86. The molecule has 232 valence electrons. The number of ether oxygens (including phenoxy) is 2. The third-order valence-electron chi connectivity index (χ3n) is 7.69. The van der Waals surface area contributed by atoms with Crippen molar-refractivity contribution in [2.45, 2.75) is 213 Å². The molecule has 0 saturated carbocycles. The van der Waals surface area contributed by atoms with Gasteiger partial charge < -0.3 is 9.47 Å². The second-order valence-corrected chi connectivity index (χ2v) is 12.3. The fraction of sp³-hybridized carbons (Fsp3) is 0.943. The van der Waals surface area contributed by atoms with E-state index >= 15 is 0 Å². The van der Waals surface area contributed by atoms with Crippen LogP contribution in [0.15, 0.2) is 0 Å². The summed E-state index contributed by atoms with van der Waals surface area (Å²) in [5.41, 5.74) is 0. The van der Waals surface area contributed by atoms with E-state index in [0.717, 1.165) is 25.7 Å². The van der Waals surface area contributed by atoms with E-state index in [1.54, 1.807) is 13.8 Å². The van der Waals surface area contributed by atoms with Crippen LogP contribution >= 0.6 is 0 Å². The Kier molecular flexibility index (Phi) is 27.7. The average Bonchev–Trinajstić information content (AvgIpc) is 2.88. The minimum absolute atomic E-state index is 0.267. The molecule has 0 aliphatic heterocycles. The van der Waals surface area contributed by atoms with Gasteiger partial charge in [0.05, 0.1) is 0 Å². The lowest BCUT2D eigenvalue weighted by Gasteiger charge is -2.25. The Hall–Kier alpha value is -1.06. The highest BCUT2D eigenvalue weighted by Gasteiger charge is 2.27. The Morgan fingerprint density at radius 1 is 0.385 bits per heavy atom. The molecule has 0 amide bonds. The van der Waals surface area contributed by atoms with Crippen LogP contribution in [0.25, 0.3) is 0 Å². The molecule has 0 saturated heterocycles. The Morgan fingerprint density at radius 2 is 0.590 bits per heavy atom. The maximum atomic E-state index is 12.2. The first-order valence-electron chi connectivity index (χ1n) is 17.3. The SMILES string of the molecule is CCCCCCCCCCCCCCCC(=O)OC(C)(C)OC(=O)CCCCCCCCCCCCCCC. The predicted octanol–water partition coefficient (Wildman–Crippen LogP) is 11.8. The Balaban J connectivity index is 3.56. The lowest BCUT2D eigenvalue weighted by molar-refractivity contribution is -0.216. The lowest BCUT2D eigenvalue weighted by Crippen LogP contribution is -2.33. The molecule has 0 aliphatic carbocycles. The Morgan fingerprint density at radius 3 is 0.821 bits per heavy atom. The van der Waals surface area contributed by atoms with Crippen molar-refractivity contribution < 1.29 is 19.1 Å². The van der Waals surface area contributed by atoms with Gasteiger partial charge in [-0.3, -0.25) is 9.59 Å². The molecule has 0 N–H and O–H groups in total. The molecule has 0 fully saturated rings. The van der Waals surface area contributed by atoms with Crippen molar-refractivity contribution in [1.82, 2.24) is 0 Å². The largest absolute Gasteiger partial charge is 0.423 e. The van der Waals surface area contributed by atoms with Gasteiger partial charge in [0.15, 0.2) is 0 Å². The van der Waals surface area contributed by atoms with Crippen molar-refractivity contribution in [2.75, 3.05) is 0 Å². The average molecular weight is 553 g/mol. The molecule has 0 bridgehead atoms. The van der Waals surface area contributed by atoms with Crippen molar-refractivity contribution in [3.63, 3.8) is 0 Å². The van der Waals surface area contributed by atoms with E-state index in [2.05, 4.69) is 13.8 Å². The zero-order valence-corrected chi connectivity index (χ0v) is 26.9. The van der Waals surface area contributed by atoms with E-state index in [1.807, 2.05) is 0 Å². The summed E-state index contributed by atoms with van der Waals surface area (Å²) in [4.78, 5) is 24.4. The lowest BCUT2D eigenvalue weighted by atomic mass is 10.0. The monoisotopic (exact) mass is 553 g/mol. The van der Waals surface area contributed by atoms with Gasteiger partial charge in [-0.25, -0.2) is 0 Å². The van der Waals surface area contributed by atoms with Crippen LogP contribution in [-0.2, 0) is 19.1 Å². The van der Waals surface area contributed by atoms with Gasteiger partial charge in [0, 0.05) is 26.7 Å². The number of unbranched alkanes of at least 4 members (excludes halogenated alkanes) is 24. The Labute approximate surface area is 244 Å². The first-order chi connectivity index (χ1) is 18.9. The first kappa shape index (κ1) is 37.9. The highest BCUT2D eigenvalue weighted by Crippen LogP contribution is 2.18. The maximum Gasteiger partial charge on any atom is 0.309 e. The van der Waals surface area contributed by atoms with E-state index in [1.165, 1.54) is 141 Å². The van der Waals surface area contributed by atoms with E-state index in [-0.39, 0.29) is 11.9 Å². The van der Waals surface area contributed by atoms with E-state index in [9.17, 15) is 9.59 Å². The van der Waals surface area contributed by atoms with Gasteiger partial charge in [-0.15, -0.1) is 0 Å². The number of carbonyl (C=O) groups is 2. The van der Waals surface area contributed by atoms with Crippen molar-refractivity contribution in [3.8, 4) is 0 Å². The molecule has 39 heavy (non-hydrogen) atoms. The number of hydrogen-bond donors (Lipinski definition) is 0. The second kappa shape index (κ2) is 28.5. The third kappa shape index (κ3) is 29.7. The van der Waals surface area contributed by atoms with Crippen LogP contribution in [0, 0.1) is 0 Å². The van der Waals surface area contributed by atoms with Crippen LogP contribution in [-0.4, -0.2) is 17.7 Å². The zero-order valence-electron chi connectivity index (χ0n) is 26.9. The van der Waals surface area contributed by atoms with Crippen LogP contribution in [0.1, 0.15) is 207 Å². The summed E-state index contributed by atoms with van der Waals surface area (Å²) in [5, 5.41) is 0. The van der Waals surface area contributed by atoms with Crippen LogP contribution in [0.3, 0.4) is 0 Å². The topological polar surface area (TPSA) is 52.6 Å². The summed E-state index contributed by atoms with van der Waals surface area (Å²) in [7, 11) is 0. The summed E-state index contributed by atoms with van der Waals surface area (Å²) in [6.07, 6.45) is 34.1. The predicted molar refractivity (Wildman–Crippen MR) is 167 cm³/mol. The number of carbonyl (C=O) groups excluding carboxylic acids is 2. The van der Waals surface area contributed by atoms with Crippen molar-refractivity contribution in [2.24, 2.45) is 0 Å². The highest BCUT2D eigenvalue weighted by atomic mass is 16.7. The molecule has 0 heterocycles. The quantitative estimate of drug-likeness (QED) is 0.0505. The summed E-state index contributed by atoms with van der Waals surface area (Å²) in [6, 6.07) is 0. The van der Waals surface area contributed by atoms with Crippen LogP contribution in [0.2, 0.25) is 0 Å². The summed E-state index contributed by atoms with van der Waals surface area (Å²) >= 11 is 0. The van der Waals surface area contributed by atoms with Gasteiger partial charge in [0.25, 0.3) is 5.79 Å². The van der Waals surface area contributed by atoms with E-state index < -0.39 is 5.79 Å². The fourth-order valence-electron chi connectivity index (χ4n) is 5.25. The van der Waals surface area contributed by atoms with Crippen LogP contribution in [0.5, 0.6) is 0 Å². The molecule has 0 spiro atoms. The summed E-state index contributed by atoms with van der Waals surface area (Å²) < 4.78 is 10.9. The second-order valence-electron chi connectivity index (χ2n) is 12.3. The molecule has 0 aromatic rings. The molecule has 0 atom stereocenters. The number of rotatable bonds is 30. The van der Waals surface area contributed by atoms with Crippen molar-refractivity contribution >= 4 is 11.9 Å². The minimum atomic E-state index is -1.18. The molecular weight excluding hydrogens is 484 g/mol. The maximum absolute atomic E-state index is 12.2. The van der Waals surface area contributed by atoms with E-state index in [0.29, 0.717) is 12.8 Å². The highest BCUT2D eigenvalue weighted by molar-refractivity contribution is 5.71. The number of hydrogen-bond acceptors (Lipinski definition) is 4. The first-order valence-corrected chi connectivity index (χ1v) is 17.3. The van der Waals surface area contributed by atoms with Crippen molar-refractivity contribution in [3.05, 3.63) is 0 Å². The normalized spacial score (nSPS) is 11.6. The van der Waals surface area contributed by atoms with Gasteiger partial charge in [0.1, 0.15) is 0 Å². The molecule has 0 rings (SSSR count). The van der Waals surface area contributed by atoms with Gasteiger partial charge in [-0.05, 0) is 12.8 Å². The van der Waals surface area contributed by atoms with E-state index in [4.69, 9.17) is 9.47 Å². The van der Waals surface area contributed by atoms with Crippen molar-refractivity contribution in [1.29, 1.82) is 0 Å². The molecule has 0 aliphatic rings. The van der Waals surface area contributed by atoms with Gasteiger partial charge in [-0.2, -0.15) is 0 Å². The van der Waals surface area contributed by atoms with Gasteiger partial charge in [-0.1, -0.05) is 168 Å². The molecular formula is C35H68O4. The van der Waals surface area contributed by atoms with Crippen LogP contribution < -0.4 is 0 Å². The standard InChI is InChI=1S/C35H68O4/c1-5-7-9-11-13-15-17-19-21-23-25-27-29-31-33(36)38-35(3,4)39-34(37)32-30-28-26-24-22-20-18-16-14-12-10-8-6-2/h5-32H2,1-4H3. The van der Waals surface area contributed by atoms with Crippen LogP contribution in [0.4, 0.5) is 0 Å². The molecule has 0 radical (unpaired) electrons. The molecule has 0 aromatic heterocycles. The smallest absolute Gasteiger partial charge is 0.309 e. The minimum Gasteiger partial charge on any atom is -0.423 e. The zero-order chi connectivity index (χ0) is 28.9. The molecule has 4 heteroatoms. The fourth-order valence-corrected chi connectivity index (χ4v) is 5.25.